The highest BCUT2D eigenvalue weighted by Crippen LogP contribution is 2.68. The molecule has 0 heterocycles. The number of hydrogen-bond donors (Lipinski definition) is 2. The van der Waals surface area contributed by atoms with Gasteiger partial charge in [-0.05, 0) is 23.7 Å². The number of rotatable bonds is 2. The molecule has 2 unspecified atom stereocenters. The van der Waals surface area contributed by atoms with E-state index in [2.05, 4.69) is 33.0 Å². The molecule has 18 heavy (non-hydrogen) atoms. The zero-order valence-corrected chi connectivity index (χ0v) is 12.1. The maximum absolute atomic E-state index is 12.3. The van der Waals surface area contributed by atoms with Gasteiger partial charge in [0, 0.05) is 5.92 Å². The Morgan fingerprint density at radius 1 is 1.06 bits per heavy atom. The zero-order valence-electron chi connectivity index (χ0n) is 12.1. The second kappa shape index (κ2) is 4.52. The molecule has 0 spiro atoms. The maximum Gasteiger partial charge on any atom is 0.224 e. The van der Waals surface area contributed by atoms with E-state index in [4.69, 9.17) is 0 Å². The molecular formula is C15H27NO2. The first-order chi connectivity index (χ1) is 8.28. The molecule has 2 atom stereocenters. The predicted molar refractivity (Wildman–Crippen MR) is 72.1 cm³/mol. The number of hydrogen-bond acceptors (Lipinski definition) is 2. The molecule has 0 aromatic heterocycles. The summed E-state index contributed by atoms with van der Waals surface area (Å²) in [5, 5.41) is 13.1. The van der Waals surface area contributed by atoms with Crippen LogP contribution in [0.2, 0.25) is 0 Å². The summed E-state index contributed by atoms with van der Waals surface area (Å²) in [7, 11) is 0. The minimum Gasteiger partial charge on any atom is -0.391 e. The molecule has 0 aromatic rings. The van der Waals surface area contributed by atoms with Gasteiger partial charge in [-0.2, -0.15) is 0 Å². The summed E-state index contributed by atoms with van der Waals surface area (Å²) in [5.74, 6) is 0.219. The van der Waals surface area contributed by atoms with E-state index in [1.54, 1.807) is 0 Å². The average molecular weight is 253 g/mol. The molecule has 0 aliphatic heterocycles. The summed E-state index contributed by atoms with van der Waals surface area (Å²) >= 11 is 0. The van der Waals surface area contributed by atoms with Gasteiger partial charge in [0.25, 0.3) is 0 Å². The molecule has 2 rings (SSSR count). The average Bonchev–Trinajstić information content (AvgIpc) is 2.75. The first kappa shape index (κ1) is 13.9. The van der Waals surface area contributed by atoms with Crippen LogP contribution in [-0.2, 0) is 4.79 Å². The molecule has 2 aliphatic carbocycles. The summed E-state index contributed by atoms with van der Waals surface area (Å²) in [6.07, 6.45) is 4.74. The molecule has 2 N–H and O–H groups in total. The number of amides is 1. The number of aliphatic hydroxyl groups excluding tert-OH is 1. The van der Waals surface area contributed by atoms with Crippen molar-refractivity contribution in [3.05, 3.63) is 0 Å². The third-order valence-corrected chi connectivity index (χ3v) is 5.59. The maximum atomic E-state index is 12.3. The van der Waals surface area contributed by atoms with Crippen LogP contribution >= 0.6 is 0 Å². The van der Waals surface area contributed by atoms with Gasteiger partial charge in [0.2, 0.25) is 5.91 Å². The molecule has 3 heteroatoms. The van der Waals surface area contributed by atoms with Crippen LogP contribution in [0.4, 0.5) is 0 Å². The molecule has 0 bridgehead atoms. The Balaban J connectivity index is 1.96. The highest BCUT2D eigenvalue weighted by Gasteiger charge is 2.68. The fourth-order valence-electron chi connectivity index (χ4n) is 3.57. The van der Waals surface area contributed by atoms with E-state index in [-0.39, 0.29) is 34.8 Å². The van der Waals surface area contributed by atoms with Crippen molar-refractivity contribution in [3.63, 3.8) is 0 Å². The fraction of sp³-hybridized carbons (Fsp3) is 0.933. The zero-order chi connectivity index (χ0) is 13.6. The van der Waals surface area contributed by atoms with E-state index >= 15 is 0 Å². The second-order valence-electron chi connectivity index (χ2n) is 7.20. The summed E-state index contributed by atoms with van der Waals surface area (Å²) in [6, 6.07) is -0.0350. The smallest absolute Gasteiger partial charge is 0.224 e. The second-order valence-corrected chi connectivity index (χ2v) is 7.20. The summed E-state index contributed by atoms with van der Waals surface area (Å²) in [4.78, 5) is 12.3. The van der Waals surface area contributed by atoms with Crippen molar-refractivity contribution in [3.8, 4) is 0 Å². The van der Waals surface area contributed by atoms with Gasteiger partial charge in [0.15, 0.2) is 0 Å². The van der Waals surface area contributed by atoms with Crippen LogP contribution in [0.1, 0.15) is 59.8 Å². The standard InChI is InChI=1S/C15H27NO2/c1-14(2)12(15(14,3)4)13(18)16-10-8-6-5-7-9-11(10)17/h10-12,17H,5-9H2,1-4H3,(H,16,18). The van der Waals surface area contributed by atoms with Crippen LogP contribution < -0.4 is 5.32 Å². The number of nitrogens with one attached hydrogen (secondary N) is 1. The topological polar surface area (TPSA) is 49.3 Å². The molecule has 2 aliphatic rings. The van der Waals surface area contributed by atoms with Crippen LogP contribution in [0.25, 0.3) is 0 Å². The quantitative estimate of drug-likeness (QED) is 0.743. The largest absolute Gasteiger partial charge is 0.391 e. The lowest BCUT2D eigenvalue weighted by Gasteiger charge is -2.22. The highest BCUT2D eigenvalue weighted by atomic mass is 16.3. The van der Waals surface area contributed by atoms with E-state index in [1.165, 1.54) is 6.42 Å². The molecule has 2 saturated carbocycles. The third kappa shape index (κ3) is 2.18. The van der Waals surface area contributed by atoms with Gasteiger partial charge >= 0.3 is 0 Å². The Bertz CT molecular complexity index is 321. The molecular weight excluding hydrogens is 226 g/mol. The van der Waals surface area contributed by atoms with E-state index in [9.17, 15) is 9.90 Å². The SMILES string of the molecule is CC1(C)C(C(=O)NC2CCCCCC2O)C1(C)C. The van der Waals surface area contributed by atoms with Crippen molar-refractivity contribution >= 4 is 5.91 Å². The summed E-state index contributed by atoms with van der Waals surface area (Å²) < 4.78 is 0. The first-order valence-corrected chi connectivity index (χ1v) is 7.27. The normalized spacial score (nSPS) is 34.7. The molecule has 0 aromatic carbocycles. The van der Waals surface area contributed by atoms with Crippen molar-refractivity contribution in [2.24, 2.45) is 16.7 Å². The van der Waals surface area contributed by atoms with Gasteiger partial charge in [-0.1, -0.05) is 47.0 Å². The molecule has 2 fully saturated rings. The Morgan fingerprint density at radius 2 is 1.61 bits per heavy atom. The summed E-state index contributed by atoms with van der Waals surface area (Å²) in [6.45, 7) is 8.61. The highest BCUT2D eigenvalue weighted by molar-refractivity contribution is 5.84. The lowest BCUT2D eigenvalue weighted by atomic mass is 10.0. The van der Waals surface area contributed by atoms with E-state index in [0.717, 1.165) is 25.7 Å². The lowest BCUT2D eigenvalue weighted by Crippen LogP contribution is -2.44. The van der Waals surface area contributed by atoms with Crippen LogP contribution in [0.3, 0.4) is 0 Å². The van der Waals surface area contributed by atoms with Crippen molar-refractivity contribution < 1.29 is 9.90 Å². The lowest BCUT2D eigenvalue weighted by molar-refractivity contribution is -0.125. The van der Waals surface area contributed by atoms with Gasteiger partial charge in [-0.25, -0.2) is 0 Å². The summed E-state index contributed by atoms with van der Waals surface area (Å²) in [5.41, 5.74) is 0.152. The van der Waals surface area contributed by atoms with E-state index in [0.29, 0.717) is 0 Å². The van der Waals surface area contributed by atoms with Crippen molar-refractivity contribution in [2.45, 2.75) is 71.9 Å². The Labute approximate surface area is 110 Å². The van der Waals surface area contributed by atoms with Gasteiger partial charge < -0.3 is 10.4 Å². The number of aliphatic hydroxyl groups is 1. The van der Waals surface area contributed by atoms with Crippen molar-refractivity contribution in [2.75, 3.05) is 0 Å². The third-order valence-electron chi connectivity index (χ3n) is 5.59. The Hall–Kier alpha value is -0.570. The fourth-order valence-corrected chi connectivity index (χ4v) is 3.57. The predicted octanol–water partition coefficient (Wildman–Crippen LogP) is 2.48. The van der Waals surface area contributed by atoms with Crippen LogP contribution in [0, 0.1) is 16.7 Å². The molecule has 0 radical (unpaired) electrons. The van der Waals surface area contributed by atoms with Crippen LogP contribution in [0.15, 0.2) is 0 Å². The van der Waals surface area contributed by atoms with E-state index in [1.807, 2.05) is 0 Å². The van der Waals surface area contributed by atoms with Gasteiger partial charge in [-0.3, -0.25) is 4.79 Å². The number of carbonyl (C=O) groups excluding carboxylic acids is 1. The molecule has 104 valence electrons. The number of carbonyl (C=O) groups is 1. The molecule has 1 amide bonds. The van der Waals surface area contributed by atoms with Gasteiger partial charge in [-0.15, -0.1) is 0 Å². The van der Waals surface area contributed by atoms with Crippen molar-refractivity contribution in [1.82, 2.24) is 5.32 Å². The monoisotopic (exact) mass is 253 g/mol. The van der Waals surface area contributed by atoms with Crippen LogP contribution in [0.5, 0.6) is 0 Å². The van der Waals surface area contributed by atoms with Crippen molar-refractivity contribution in [1.29, 1.82) is 0 Å². The minimum atomic E-state index is -0.360. The Morgan fingerprint density at radius 3 is 2.17 bits per heavy atom. The molecule has 3 nitrogen and oxygen atoms in total. The minimum absolute atomic E-state index is 0.0350. The Kier molecular flexibility index (Phi) is 3.48. The molecule has 0 saturated heterocycles. The van der Waals surface area contributed by atoms with E-state index < -0.39 is 0 Å². The van der Waals surface area contributed by atoms with Gasteiger partial charge in [0.05, 0.1) is 12.1 Å². The van der Waals surface area contributed by atoms with Gasteiger partial charge in [0.1, 0.15) is 0 Å². The first-order valence-electron chi connectivity index (χ1n) is 7.27. The van der Waals surface area contributed by atoms with Crippen LogP contribution in [-0.4, -0.2) is 23.2 Å².